The quantitative estimate of drug-likeness (QED) is 0.0261. The summed E-state index contributed by atoms with van der Waals surface area (Å²) in [4.78, 5) is 38.2. The zero-order chi connectivity index (χ0) is 52.2. The molecule has 0 amide bonds. The van der Waals surface area contributed by atoms with Crippen molar-refractivity contribution in [2.45, 2.75) is 290 Å². The van der Waals surface area contributed by atoms with Gasteiger partial charge in [0.25, 0.3) is 0 Å². The van der Waals surface area contributed by atoms with E-state index < -0.39 is 6.10 Å². The number of hydrogen-bond donors (Lipinski definition) is 0. The lowest BCUT2D eigenvalue weighted by atomic mass is 10.0. The van der Waals surface area contributed by atoms with Crippen molar-refractivity contribution in [3.05, 3.63) is 97.2 Å². The van der Waals surface area contributed by atoms with Crippen LogP contribution in [0.4, 0.5) is 0 Å². The van der Waals surface area contributed by atoms with Gasteiger partial charge >= 0.3 is 17.9 Å². The van der Waals surface area contributed by atoms with E-state index in [1.165, 1.54) is 135 Å². The first-order valence-corrected chi connectivity index (χ1v) is 30.2. The van der Waals surface area contributed by atoms with Crippen LogP contribution >= 0.6 is 0 Å². The molecule has 0 fully saturated rings. The molecule has 0 N–H and O–H groups in total. The molecule has 72 heavy (non-hydrogen) atoms. The minimum Gasteiger partial charge on any atom is -0.462 e. The molecular weight excluding hydrogens is 889 g/mol. The first-order valence-electron chi connectivity index (χ1n) is 30.2. The molecule has 0 aliphatic carbocycles. The molecule has 6 heteroatoms. The second kappa shape index (κ2) is 59.9. The number of carbonyl (C=O) groups excluding carboxylic acids is 3. The van der Waals surface area contributed by atoms with Crippen molar-refractivity contribution in [2.75, 3.05) is 13.2 Å². The molecule has 0 unspecified atom stereocenters. The number of unbranched alkanes of at least 4 members (excludes halogenated alkanes) is 27. The molecule has 0 aromatic rings. The first kappa shape index (κ1) is 68.3. The Hall–Kier alpha value is -3.67. The summed E-state index contributed by atoms with van der Waals surface area (Å²) < 4.78 is 16.9. The highest BCUT2D eigenvalue weighted by atomic mass is 16.6. The Morgan fingerprint density at radius 2 is 0.500 bits per heavy atom. The highest BCUT2D eigenvalue weighted by Gasteiger charge is 2.19. The minimum atomic E-state index is -0.808. The van der Waals surface area contributed by atoms with Gasteiger partial charge in [0.05, 0.1) is 0 Å². The molecule has 0 aromatic heterocycles. The molecule has 0 saturated heterocycles. The van der Waals surface area contributed by atoms with E-state index in [4.69, 9.17) is 14.2 Å². The molecule has 0 aliphatic heterocycles. The van der Waals surface area contributed by atoms with Crippen molar-refractivity contribution in [1.82, 2.24) is 0 Å². The van der Waals surface area contributed by atoms with E-state index in [9.17, 15) is 14.4 Å². The molecule has 0 saturated carbocycles. The zero-order valence-electron chi connectivity index (χ0n) is 47.2. The molecule has 0 rings (SSSR count). The normalized spacial score (nSPS) is 12.8. The molecule has 0 aromatic carbocycles. The van der Waals surface area contributed by atoms with E-state index in [0.717, 1.165) is 109 Å². The Labute approximate surface area is 445 Å². The lowest BCUT2D eigenvalue weighted by Gasteiger charge is -2.18. The number of esters is 3. The van der Waals surface area contributed by atoms with Crippen molar-refractivity contribution in [3.63, 3.8) is 0 Å². The van der Waals surface area contributed by atoms with Crippen LogP contribution in [-0.2, 0) is 28.6 Å². The van der Waals surface area contributed by atoms with Crippen LogP contribution in [0.25, 0.3) is 0 Å². The maximum atomic E-state index is 12.9. The van der Waals surface area contributed by atoms with Gasteiger partial charge in [0, 0.05) is 19.3 Å². The summed E-state index contributed by atoms with van der Waals surface area (Å²) >= 11 is 0. The summed E-state index contributed by atoms with van der Waals surface area (Å²) in [5.41, 5.74) is 0. The third-order valence-electron chi connectivity index (χ3n) is 12.8. The molecular formula is C66H112O6. The van der Waals surface area contributed by atoms with Crippen LogP contribution in [0.2, 0.25) is 0 Å². The topological polar surface area (TPSA) is 78.9 Å². The summed E-state index contributed by atoms with van der Waals surface area (Å²) in [7, 11) is 0. The van der Waals surface area contributed by atoms with E-state index in [2.05, 4.69) is 118 Å². The van der Waals surface area contributed by atoms with Crippen LogP contribution in [0, 0.1) is 0 Å². The fourth-order valence-corrected chi connectivity index (χ4v) is 8.23. The highest BCUT2D eigenvalue weighted by molar-refractivity contribution is 5.71. The fraction of sp³-hybridized carbons (Fsp3) is 0.712. The predicted octanol–water partition coefficient (Wildman–Crippen LogP) is 20.5. The Kier molecular flexibility index (Phi) is 56.8. The van der Waals surface area contributed by atoms with E-state index in [1.807, 2.05) is 0 Å². The van der Waals surface area contributed by atoms with Crippen molar-refractivity contribution in [2.24, 2.45) is 0 Å². The van der Waals surface area contributed by atoms with Gasteiger partial charge in [0.1, 0.15) is 13.2 Å². The molecule has 0 spiro atoms. The summed E-state index contributed by atoms with van der Waals surface area (Å²) in [6.07, 6.45) is 79.7. The van der Waals surface area contributed by atoms with Crippen LogP contribution in [0.1, 0.15) is 284 Å². The Morgan fingerprint density at radius 1 is 0.278 bits per heavy atom. The molecule has 0 bridgehead atoms. The van der Waals surface area contributed by atoms with Gasteiger partial charge in [0.2, 0.25) is 0 Å². The largest absolute Gasteiger partial charge is 0.462 e. The van der Waals surface area contributed by atoms with E-state index >= 15 is 0 Å². The van der Waals surface area contributed by atoms with E-state index in [-0.39, 0.29) is 37.5 Å². The summed E-state index contributed by atoms with van der Waals surface area (Å²) in [6.45, 7) is 6.55. The van der Waals surface area contributed by atoms with Crippen LogP contribution in [-0.4, -0.2) is 37.2 Å². The lowest BCUT2D eigenvalue weighted by Crippen LogP contribution is -2.30. The zero-order valence-corrected chi connectivity index (χ0v) is 47.2. The number of hydrogen-bond acceptors (Lipinski definition) is 6. The summed E-state index contributed by atoms with van der Waals surface area (Å²) in [5, 5.41) is 0. The maximum Gasteiger partial charge on any atom is 0.306 e. The average molecular weight is 1000 g/mol. The number of ether oxygens (including phenoxy) is 3. The van der Waals surface area contributed by atoms with Crippen LogP contribution in [0.5, 0.6) is 0 Å². The highest BCUT2D eigenvalue weighted by Crippen LogP contribution is 2.15. The van der Waals surface area contributed by atoms with Crippen LogP contribution in [0.15, 0.2) is 97.2 Å². The van der Waals surface area contributed by atoms with E-state index in [0.29, 0.717) is 12.8 Å². The Morgan fingerprint density at radius 3 is 0.806 bits per heavy atom. The minimum absolute atomic E-state index is 0.0994. The fourth-order valence-electron chi connectivity index (χ4n) is 8.23. The third kappa shape index (κ3) is 57.2. The van der Waals surface area contributed by atoms with Crippen molar-refractivity contribution in [1.29, 1.82) is 0 Å². The third-order valence-corrected chi connectivity index (χ3v) is 12.8. The Balaban J connectivity index is 4.50. The van der Waals surface area contributed by atoms with Crippen molar-refractivity contribution in [3.8, 4) is 0 Å². The monoisotopic (exact) mass is 1000 g/mol. The lowest BCUT2D eigenvalue weighted by molar-refractivity contribution is -0.167. The van der Waals surface area contributed by atoms with Gasteiger partial charge in [-0.05, 0) is 109 Å². The molecule has 412 valence electrons. The van der Waals surface area contributed by atoms with Crippen molar-refractivity contribution >= 4 is 17.9 Å². The van der Waals surface area contributed by atoms with Crippen molar-refractivity contribution < 1.29 is 28.6 Å². The maximum absolute atomic E-state index is 12.9. The predicted molar refractivity (Wildman–Crippen MR) is 311 cm³/mol. The first-order chi connectivity index (χ1) is 35.5. The van der Waals surface area contributed by atoms with Gasteiger partial charge in [-0.3, -0.25) is 14.4 Å². The average Bonchev–Trinajstić information content (AvgIpc) is 3.38. The van der Waals surface area contributed by atoms with E-state index in [1.54, 1.807) is 0 Å². The standard InChI is InChI=1S/C66H112O6/c1-4-7-10-13-16-19-22-25-28-31-33-35-38-41-44-47-50-53-56-59-65(68)71-62-63(61-70-64(67)58-55-52-49-46-43-40-37-30-27-24-21-18-15-12-9-6-3)72-66(69)60-57-54-51-48-45-42-39-36-34-32-29-26-23-20-17-14-11-8-5-2/h16-17,19-20,25-26,28-29,33-36,41-42,44-45,63H,4-15,18,21-24,27,30-32,37-40,43,46-62H2,1-3H3/b19-16+,20-17+,28-25+,29-26+,35-33+,36-34+,44-41+,45-42+/t63-/m1/s1. The number of carbonyl (C=O) groups is 3. The smallest absolute Gasteiger partial charge is 0.306 e. The summed E-state index contributed by atoms with van der Waals surface area (Å²) in [6, 6.07) is 0. The molecule has 0 radical (unpaired) electrons. The van der Waals surface area contributed by atoms with Gasteiger partial charge < -0.3 is 14.2 Å². The molecule has 0 heterocycles. The second-order valence-electron chi connectivity index (χ2n) is 19.9. The second-order valence-corrected chi connectivity index (χ2v) is 19.9. The Bertz CT molecular complexity index is 1430. The van der Waals surface area contributed by atoms with Gasteiger partial charge in [-0.2, -0.15) is 0 Å². The number of rotatable bonds is 54. The molecule has 6 nitrogen and oxygen atoms in total. The van der Waals surface area contributed by atoms with Gasteiger partial charge in [-0.1, -0.05) is 253 Å². The SMILES string of the molecule is CCCCC/C=C/C/C=C/C/C=C/C/C=C/CCCCCC(=O)OC[C@@H](COC(=O)CCCCCCCCCCCCCCCCCC)OC(=O)CCCCC/C=C/C/C=C/C/C=C/C/C=C/CCCCC. The summed E-state index contributed by atoms with van der Waals surface area (Å²) in [5.74, 6) is -0.955. The number of allylic oxidation sites excluding steroid dienone is 16. The van der Waals surface area contributed by atoms with Gasteiger partial charge in [-0.15, -0.1) is 0 Å². The molecule has 1 atom stereocenters. The van der Waals surface area contributed by atoms with Gasteiger partial charge in [0.15, 0.2) is 6.10 Å². The van der Waals surface area contributed by atoms with Crippen LogP contribution < -0.4 is 0 Å². The van der Waals surface area contributed by atoms with Crippen LogP contribution in [0.3, 0.4) is 0 Å². The van der Waals surface area contributed by atoms with Gasteiger partial charge in [-0.25, -0.2) is 0 Å². The molecule has 0 aliphatic rings.